The quantitative estimate of drug-likeness (QED) is 0.772. The van der Waals surface area contributed by atoms with Crippen LogP contribution in [-0.2, 0) is 19.9 Å². The largest absolute Gasteiger partial charge is 0.316 e. The Labute approximate surface area is 116 Å². The van der Waals surface area contributed by atoms with Gasteiger partial charge in [0, 0.05) is 13.6 Å². The number of hydrogen-bond acceptors (Lipinski definition) is 2. The summed E-state index contributed by atoms with van der Waals surface area (Å²) in [7, 11) is 1.98. The van der Waals surface area contributed by atoms with Crippen molar-refractivity contribution in [3.63, 3.8) is 0 Å². The van der Waals surface area contributed by atoms with Gasteiger partial charge in [-0.15, -0.1) is 0 Å². The molecule has 1 rings (SSSR count). The van der Waals surface area contributed by atoms with Crippen molar-refractivity contribution in [1.82, 2.24) is 15.1 Å². The van der Waals surface area contributed by atoms with E-state index in [0.717, 1.165) is 42.3 Å². The van der Waals surface area contributed by atoms with Crippen molar-refractivity contribution in [2.24, 2.45) is 12.5 Å². The maximum Gasteiger partial charge on any atom is 0.0849 e. The SMILES string of the molecule is CCCNCC(C)(C)Cc1c(Cl)c(CC)nn1C. The summed E-state index contributed by atoms with van der Waals surface area (Å²) < 4.78 is 1.93. The zero-order valence-electron chi connectivity index (χ0n) is 12.3. The molecule has 0 radical (unpaired) electrons. The van der Waals surface area contributed by atoms with E-state index in [1.54, 1.807) is 0 Å². The third-order valence-corrected chi connectivity index (χ3v) is 3.62. The van der Waals surface area contributed by atoms with Crippen LogP contribution in [0.5, 0.6) is 0 Å². The predicted octanol–water partition coefficient (Wildman–Crippen LogP) is 3.20. The molecule has 1 heterocycles. The third kappa shape index (κ3) is 3.99. The highest BCUT2D eigenvalue weighted by Gasteiger charge is 2.23. The van der Waals surface area contributed by atoms with Gasteiger partial charge < -0.3 is 5.32 Å². The first-order valence-corrected chi connectivity index (χ1v) is 7.20. The second kappa shape index (κ2) is 6.58. The summed E-state index contributed by atoms with van der Waals surface area (Å²) in [6, 6.07) is 0. The van der Waals surface area contributed by atoms with E-state index in [1.807, 2.05) is 11.7 Å². The van der Waals surface area contributed by atoms with E-state index >= 15 is 0 Å². The maximum absolute atomic E-state index is 6.39. The van der Waals surface area contributed by atoms with E-state index in [9.17, 15) is 0 Å². The molecule has 0 aliphatic carbocycles. The van der Waals surface area contributed by atoms with Crippen molar-refractivity contribution < 1.29 is 0 Å². The first-order chi connectivity index (χ1) is 8.41. The van der Waals surface area contributed by atoms with Gasteiger partial charge in [0.1, 0.15) is 0 Å². The first-order valence-electron chi connectivity index (χ1n) is 6.82. The van der Waals surface area contributed by atoms with Crippen LogP contribution in [0.3, 0.4) is 0 Å². The molecule has 1 aromatic rings. The zero-order chi connectivity index (χ0) is 13.8. The van der Waals surface area contributed by atoms with Crippen molar-refractivity contribution >= 4 is 11.6 Å². The second-order valence-corrected chi connectivity index (χ2v) is 6.08. The number of rotatable bonds is 7. The fourth-order valence-electron chi connectivity index (χ4n) is 2.13. The van der Waals surface area contributed by atoms with Gasteiger partial charge in [0.15, 0.2) is 0 Å². The average molecular weight is 272 g/mol. The Balaban J connectivity index is 2.74. The van der Waals surface area contributed by atoms with Gasteiger partial charge in [-0.25, -0.2) is 0 Å². The molecule has 0 fully saturated rings. The summed E-state index contributed by atoms with van der Waals surface area (Å²) >= 11 is 6.39. The van der Waals surface area contributed by atoms with Gasteiger partial charge in [-0.3, -0.25) is 4.68 Å². The Morgan fingerprint density at radius 3 is 2.50 bits per heavy atom. The lowest BCUT2D eigenvalue weighted by atomic mass is 9.87. The molecule has 0 aliphatic heterocycles. The molecule has 0 saturated heterocycles. The number of aromatic nitrogens is 2. The molecule has 1 N–H and O–H groups in total. The lowest BCUT2D eigenvalue weighted by Gasteiger charge is -2.25. The van der Waals surface area contributed by atoms with Gasteiger partial charge >= 0.3 is 0 Å². The van der Waals surface area contributed by atoms with Gasteiger partial charge in [-0.05, 0) is 31.2 Å². The number of hydrogen-bond donors (Lipinski definition) is 1. The third-order valence-electron chi connectivity index (χ3n) is 3.18. The molecule has 0 atom stereocenters. The first kappa shape index (κ1) is 15.5. The smallest absolute Gasteiger partial charge is 0.0849 e. The Bertz CT molecular complexity index is 383. The summed E-state index contributed by atoms with van der Waals surface area (Å²) in [6.07, 6.45) is 3.01. The highest BCUT2D eigenvalue weighted by molar-refractivity contribution is 6.31. The molecule has 0 saturated carbocycles. The Kier molecular flexibility index (Phi) is 5.67. The monoisotopic (exact) mass is 271 g/mol. The number of aryl methyl sites for hydroxylation is 2. The molecular formula is C14H26ClN3. The molecule has 0 spiro atoms. The highest BCUT2D eigenvalue weighted by atomic mass is 35.5. The van der Waals surface area contributed by atoms with Crippen LogP contribution in [0, 0.1) is 5.41 Å². The lowest BCUT2D eigenvalue weighted by molar-refractivity contribution is 0.331. The van der Waals surface area contributed by atoms with Crippen LogP contribution in [0.25, 0.3) is 0 Å². The molecule has 4 heteroatoms. The van der Waals surface area contributed by atoms with Gasteiger partial charge in [0.05, 0.1) is 16.4 Å². The summed E-state index contributed by atoms with van der Waals surface area (Å²) in [5.74, 6) is 0. The lowest BCUT2D eigenvalue weighted by Crippen LogP contribution is -2.32. The summed E-state index contributed by atoms with van der Waals surface area (Å²) in [4.78, 5) is 0. The molecule has 0 aromatic carbocycles. The fourth-order valence-corrected chi connectivity index (χ4v) is 2.49. The van der Waals surface area contributed by atoms with E-state index in [1.165, 1.54) is 6.42 Å². The average Bonchev–Trinajstić information content (AvgIpc) is 2.56. The van der Waals surface area contributed by atoms with Crippen molar-refractivity contribution in [2.75, 3.05) is 13.1 Å². The van der Waals surface area contributed by atoms with Crippen LogP contribution in [0.15, 0.2) is 0 Å². The fraction of sp³-hybridized carbons (Fsp3) is 0.786. The molecule has 104 valence electrons. The van der Waals surface area contributed by atoms with Gasteiger partial charge in [0.2, 0.25) is 0 Å². The van der Waals surface area contributed by atoms with E-state index in [-0.39, 0.29) is 5.41 Å². The summed E-state index contributed by atoms with van der Waals surface area (Å²) in [5, 5.41) is 8.81. The Morgan fingerprint density at radius 2 is 2.00 bits per heavy atom. The van der Waals surface area contributed by atoms with Crippen LogP contribution in [0.2, 0.25) is 5.02 Å². The van der Waals surface area contributed by atoms with E-state index in [2.05, 4.69) is 38.1 Å². The molecule has 18 heavy (non-hydrogen) atoms. The van der Waals surface area contributed by atoms with E-state index < -0.39 is 0 Å². The van der Waals surface area contributed by atoms with E-state index in [4.69, 9.17) is 11.6 Å². The predicted molar refractivity (Wildman–Crippen MR) is 78.2 cm³/mol. The molecule has 0 unspecified atom stereocenters. The second-order valence-electron chi connectivity index (χ2n) is 5.70. The Morgan fingerprint density at radius 1 is 1.33 bits per heavy atom. The molecule has 0 aliphatic rings. The van der Waals surface area contributed by atoms with Crippen LogP contribution in [0.1, 0.15) is 45.5 Å². The van der Waals surface area contributed by atoms with Gasteiger partial charge in [-0.2, -0.15) is 5.10 Å². The van der Waals surface area contributed by atoms with Crippen molar-refractivity contribution in [3.8, 4) is 0 Å². The molecule has 3 nitrogen and oxygen atoms in total. The Hall–Kier alpha value is -0.540. The minimum atomic E-state index is 0.192. The summed E-state index contributed by atoms with van der Waals surface area (Å²) in [5.41, 5.74) is 2.35. The number of nitrogens with zero attached hydrogens (tertiary/aromatic N) is 2. The van der Waals surface area contributed by atoms with Crippen LogP contribution in [0.4, 0.5) is 0 Å². The van der Waals surface area contributed by atoms with Crippen LogP contribution >= 0.6 is 11.6 Å². The number of halogens is 1. The summed E-state index contributed by atoms with van der Waals surface area (Å²) in [6.45, 7) is 10.9. The minimum absolute atomic E-state index is 0.192. The van der Waals surface area contributed by atoms with Crippen molar-refractivity contribution in [1.29, 1.82) is 0 Å². The van der Waals surface area contributed by atoms with Gasteiger partial charge in [-0.1, -0.05) is 39.3 Å². The molecular weight excluding hydrogens is 246 g/mol. The standard InChI is InChI=1S/C14H26ClN3/c1-6-8-16-10-14(3,4)9-12-13(15)11(7-2)17-18(12)5/h16H,6-10H2,1-5H3. The van der Waals surface area contributed by atoms with Crippen LogP contribution in [-0.4, -0.2) is 22.9 Å². The molecule has 0 bridgehead atoms. The topological polar surface area (TPSA) is 29.9 Å². The normalized spacial score (nSPS) is 12.1. The van der Waals surface area contributed by atoms with E-state index in [0.29, 0.717) is 0 Å². The minimum Gasteiger partial charge on any atom is -0.316 e. The zero-order valence-corrected chi connectivity index (χ0v) is 13.1. The van der Waals surface area contributed by atoms with Gasteiger partial charge in [0.25, 0.3) is 0 Å². The van der Waals surface area contributed by atoms with Crippen LogP contribution < -0.4 is 5.32 Å². The number of nitrogens with one attached hydrogen (secondary N) is 1. The highest BCUT2D eigenvalue weighted by Crippen LogP contribution is 2.28. The van der Waals surface area contributed by atoms with Crippen molar-refractivity contribution in [2.45, 2.75) is 47.0 Å². The molecule has 1 aromatic heterocycles. The molecule has 0 amide bonds. The van der Waals surface area contributed by atoms with Crippen molar-refractivity contribution in [3.05, 3.63) is 16.4 Å². The maximum atomic E-state index is 6.39.